The lowest BCUT2D eigenvalue weighted by atomic mass is 9.84. The van der Waals surface area contributed by atoms with Gasteiger partial charge < -0.3 is 14.6 Å². The molecule has 1 aliphatic rings. The molecule has 1 fully saturated rings. The van der Waals surface area contributed by atoms with Gasteiger partial charge in [0.05, 0.1) is 20.1 Å². The molecule has 0 aromatic carbocycles. The van der Waals surface area contributed by atoms with Gasteiger partial charge in [-0.1, -0.05) is 0 Å². The maximum atomic E-state index is 10.9. The Morgan fingerprint density at radius 2 is 2.31 bits per heavy atom. The van der Waals surface area contributed by atoms with Crippen LogP contribution in [0.25, 0.3) is 0 Å². The minimum Gasteiger partial charge on any atom is -0.481 e. The lowest BCUT2D eigenvalue weighted by molar-refractivity contribution is -0.157. The molecule has 5 heteroatoms. The van der Waals surface area contributed by atoms with E-state index in [4.69, 9.17) is 9.84 Å². The third-order valence-corrected chi connectivity index (χ3v) is 2.27. The average Bonchev–Trinajstić information content (AvgIpc) is 2.54. The molecule has 0 aromatic rings. The summed E-state index contributed by atoms with van der Waals surface area (Å²) in [5, 5.41) is 8.92. The summed E-state index contributed by atoms with van der Waals surface area (Å²) in [7, 11) is 1.24. The fourth-order valence-electron chi connectivity index (χ4n) is 1.34. The number of carboxylic acid groups (broad SMARTS) is 1. The van der Waals surface area contributed by atoms with Crippen LogP contribution < -0.4 is 0 Å². The zero-order valence-corrected chi connectivity index (χ0v) is 7.41. The first-order valence-corrected chi connectivity index (χ1v) is 3.99. The van der Waals surface area contributed by atoms with E-state index in [2.05, 4.69) is 4.74 Å². The third kappa shape index (κ3) is 1.98. The van der Waals surface area contributed by atoms with Gasteiger partial charge in [0.25, 0.3) is 0 Å². The Labute approximate surface area is 75.6 Å². The van der Waals surface area contributed by atoms with E-state index in [1.807, 2.05) is 0 Å². The minimum absolute atomic E-state index is 0.0947. The molecule has 0 radical (unpaired) electrons. The molecule has 13 heavy (non-hydrogen) atoms. The van der Waals surface area contributed by atoms with Crippen molar-refractivity contribution in [1.29, 1.82) is 0 Å². The van der Waals surface area contributed by atoms with Crippen molar-refractivity contribution in [1.82, 2.24) is 0 Å². The van der Waals surface area contributed by atoms with Crippen LogP contribution in [0.2, 0.25) is 0 Å². The first-order chi connectivity index (χ1) is 6.10. The second-order valence-corrected chi connectivity index (χ2v) is 3.14. The molecular formula is C8H12O5. The molecule has 1 atom stereocenters. The van der Waals surface area contributed by atoms with Gasteiger partial charge in [0, 0.05) is 6.61 Å². The number of rotatable bonds is 3. The number of aliphatic carboxylic acids is 1. The van der Waals surface area contributed by atoms with Crippen molar-refractivity contribution in [3.05, 3.63) is 0 Å². The van der Waals surface area contributed by atoms with Gasteiger partial charge in [0.2, 0.25) is 0 Å². The summed E-state index contributed by atoms with van der Waals surface area (Å²) in [6, 6.07) is 0. The number of carboxylic acids is 1. The summed E-state index contributed by atoms with van der Waals surface area (Å²) >= 11 is 0. The van der Waals surface area contributed by atoms with Gasteiger partial charge in [0.1, 0.15) is 5.41 Å². The van der Waals surface area contributed by atoms with Gasteiger partial charge in [0.15, 0.2) is 0 Å². The predicted octanol–water partition coefficient (Wildman–Crippen LogP) is 0.0408. The van der Waals surface area contributed by atoms with Crippen LogP contribution in [0.4, 0.5) is 0 Å². The van der Waals surface area contributed by atoms with E-state index >= 15 is 0 Å². The summed E-state index contributed by atoms with van der Waals surface area (Å²) in [5.74, 6) is -1.50. The Kier molecular flexibility index (Phi) is 2.87. The standard InChI is InChI=1S/C8H12O5/c1-12-6(9)4-8(7(10)11)2-3-13-5-8/h2-5H2,1H3,(H,10,11). The molecule has 0 spiro atoms. The van der Waals surface area contributed by atoms with Crippen LogP contribution >= 0.6 is 0 Å². The van der Waals surface area contributed by atoms with Crippen LogP contribution in [0, 0.1) is 5.41 Å². The van der Waals surface area contributed by atoms with E-state index in [0.29, 0.717) is 13.0 Å². The second-order valence-electron chi connectivity index (χ2n) is 3.14. The SMILES string of the molecule is COC(=O)CC1(C(=O)O)CCOC1. The van der Waals surface area contributed by atoms with E-state index in [0.717, 1.165) is 0 Å². The molecule has 0 aromatic heterocycles. The molecule has 1 N–H and O–H groups in total. The molecule has 0 bridgehead atoms. The maximum absolute atomic E-state index is 10.9. The van der Waals surface area contributed by atoms with Gasteiger partial charge >= 0.3 is 11.9 Å². The second kappa shape index (κ2) is 3.74. The smallest absolute Gasteiger partial charge is 0.312 e. The normalized spacial score (nSPS) is 27.2. The highest BCUT2D eigenvalue weighted by atomic mass is 16.5. The van der Waals surface area contributed by atoms with Crippen LogP contribution in [-0.2, 0) is 19.1 Å². The molecule has 1 unspecified atom stereocenters. The highest BCUT2D eigenvalue weighted by Crippen LogP contribution is 2.32. The molecule has 1 heterocycles. The Morgan fingerprint density at radius 1 is 1.62 bits per heavy atom. The molecule has 0 aliphatic carbocycles. The van der Waals surface area contributed by atoms with Crippen LogP contribution in [-0.4, -0.2) is 37.4 Å². The maximum Gasteiger partial charge on any atom is 0.312 e. The number of ether oxygens (including phenoxy) is 2. The minimum atomic E-state index is -1.06. The number of hydrogen-bond donors (Lipinski definition) is 1. The monoisotopic (exact) mass is 188 g/mol. The Morgan fingerprint density at radius 3 is 2.69 bits per heavy atom. The summed E-state index contributed by atoms with van der Waals surface area (Å²) in [6.45, 7) is 0.487. The van der Waals surface area contributed by atoms with E-state index < -0.39 is 17.4 Å². The number of methoxy groups -OCH3 is 1. The van der Waals surface area contributed by atoms with E-state index in [-0.39, 0.29) is 13.0 Å². The van der Waals surface area contributed by atoms with Crippen molar-refractivity contribution in [2.24, 2.45) is 5.41 Å². The molecule has 0 amide bonds. The van der Waals surface area contributed by atoms with E-state index in [9.17, 15) is 9.59 Å². The Bertz CT molecular complexity index is 217. The van der Waals surface area contributed by atoms with Gasteiger partial charge in [-0.05, 0) is 6.42 Å². The molecule has 5 nitrogen and oxygen atoms in total. The Hall–Kier alpha value is -1.10. The summed E-state index contributed by atoms with van der Waals surface area (Å²) in [5.41, 5.74) is -1.06. The number of esters is 1. The number of hydrogen-bond acceptors (Lipinski definition) is 4. The fraction of sp³-hybridized carbons (Fsp3) is 0.750. The zero-order valence-electron chi connectivity index (χ0n) is 7.41. The first-order valence-electron chi connectivity index (χ1n) is 3.99. The molecular weight excluding hydrogens is 176 g/mol. The first kappa shape index (κ1) is 9.98. The van der Waals surface area contributed by atoms with Gasteiger partial charge in [-0.2, -0.15) is 0 Å². The van der Waals surface area contributed by atoms with Crippen molar-refractivity contribution >= 4 is 11.9 Å². The molecule has 1 rings (SSSR count). The van der Waals surface area contributed by atoms with Crippen molar-refractivity contribution in [3.8, 4) is 0 Å². The molecule has 0 saturated carbocycles. The predicted molar refractivity (Wildman–Crippen MR) is 42.1 cm³/mol. The van der Waals surface area contributed by atoms with E-state index in [1.165, 1.54) is 7.11 Å². The largest absolute Gasteiger partial charge is 0.481 e. The molecule has 1 saturated heterocycles. The average molecular weight is 188 g/mol. The van der Waals surface area contributed by atoms with Crippen molar-refractivity contribution in [2.45, 2.75) is 12.8 Å². The summed E-state index contributed by atoms with van der Waals surface area (Å²) in [6.07, 6.45) is 0.260. The van der Waals surface area contributed by atoms with Crippen LogP contribution in [0.3, 0.4) is 0 Å². The van der Waals surface area contributed by atoms with Crippen LogP contribution in [0.15, 0.2) is 0 Å². The fourth-order valence-corrected chi connectivity index (χ4v) is 1.34. The molecule has 74 valence electrons. The van der Waals surface area contributed by atoms with Gasteiger partial charge in [-0.25, -0.2) is 0 Å². The van der Waals surface area contributed by atoms with Gasteiger partial charge in [-0.3, -0.25) is 9.59 Å². The van der Waals surface area contributed by atoms with Crippen LogP contribution in [0.5, 0.6) is 0 Å². The van der Waals surface area contributed by atoms with Crippen LogP contribution in [0.1, 0.15) is 12.8 Å². The summed E-state index contributed by atoms with van der Waals surface area (Å²) in [4.78, 5) is 21.8. The topological polar surface area (TPSA) is 72.8 Å². The van der Waals surface area contributed by atoms with Gasteiger partial charge in [-0.15, -0.1) is 0 Å². The van der Waals surface area contributed by atoms with E-state index in [1.54, 1.807) is 0 Å². The molecule has 1 aliphatic heterocycles. The highest BCUT2D eigenvalue weighted by molar-refractivity contribution is 5.82. The Balaban J connectivity index is 2.68. The highest BCUT2D eigenvalue weighted by Gasteiger charge is 2.44. The lowest BCUT2D eigenvalue weighted by Gasteiger charge is -2.19. The summed E-state index contributed by atoms with van der Waals surface area (Å²) < 4.78 is 9.41. The number of carbonyl (C=O) groups excluding carboxylic acids is 1. The third-order valence-electron chi connectivity index (χ3n) is 2.27. The number of carbonyl (C=O) groups is 2. The zero-order chi connectivity index (χ0) is 9.90. The van der Waals surface area contributed by atoms with Crippen molar-refractivity contribution < 1.29 is 24.2 Å². The van der Waals surface area contributed by atoms with Crippen molar-refractivity contribution in [2.75, 3.05) is 20.3 Å². The lowest BCUT2D eigenvalue weighted by Crippen LogP contribution is -2.34. The van der Waals surface area contributed by atoms with Crippen molar-refractivity contribution in [3.63, 3.8) is 0 Å². The quantitative estimate of drug-likeness (QED) is 0.633.